The van der Waals surface area contributed by atoms with E-state index < -0.39 is 40.4 Å². The van der Waals surface area contributed by atoms with Gasteiger partial charge in [0, 0.05) is 5.41 Å². The van der Waals surface area contributed by atoms with Crippen molar-refractivity contribution in [2.75, 3.05) is 7.11 Å². The van der Waals surface area contributed by atoms with Crippen molar-refractivity contribution in [3.05, 3.63) is 0 Å². The fraction of sp³-hybridized carbons (Fsp3) is 0.714. The second kappa shape index (κ2) is 6.15. The van der Waals surface area contributed by atoms with Gasteiger partial charge in [-0.15, -0.1) is 0 Å². The molecule has 6 heteroatoms. The molecule has 0 aliphatic rings. The van der Waals surface area contributed by atoms with Crippen molar-refractivity contribution >= 4 is 23.7 Å². The number of methoxy groups -OCH3 is 1. The largest absolute Gasteiger partial charge is 0.468 e. The van der Waals surface area contributed by atoms with Crippen molar-refractivity contribution in [3.63, 3.8) is 0 Å². The molecule has 0 saturated heterocycles. The van der Waals surface area contributed by atoms with E-state index in [0.29, 0.717) is 0 Å². The summed E-state index contributed by atoms with van der Waals surface area (Å²) in [5.74, 6) is -5.44. The predicted octanol–water partition coefficient (Wildman–Crippen LogP) is 1.51. The Labute approximate surface area is 118 Å². The van der Waals surface area contributed by atoms with Gasteiger partial charge in [0.2, 0.25) is 5.92 Å². The van der Waals surface area contributed by atoms with Gasteiger partial charge in [0.15, 0.2) is 5.78 Å². The number of carbonyl (C=O) groups excluding carboxylic acids is 4. The Balaban J connectivity index is 5.28. The molecule has 1 atom stereocenters. The van der Waals surface area contributed by atoms with Crippen LogP contribution < -0.4 is 0 Å². The number of hydrogen-bond donors (Lipinski definition) is 0. The van der Waals surface area contributed by atoms with Gasteiger partial charge in [0.1, 0.15) is 0 Å². The molecule has 0 aliphatic heterocycles. The first-order chi connectivity index (χ1) is 8.82. The molecule has 114 valence electrons. The van der Waals surface area contributed by atoms with Crippen molar-refractivity contribution in [3.8, 4) is 0 Å². The first kappa shape index (κ1) is 18.3. The van der Waals surface area contributed by atoms with Crippen molar-refractivity contribution < 1.29 is 28.7 Å². The van der Waals surface area contributed by atoms with E-state index in [1.165, 1.54) is 0 Å². The molecule has 6 nitrogen and oxygen atoms in total. The molecule has 0 bridgehead atoms. The molecule has 0 aromatic rings. The molecule has 0 rings (SSSR count). The van der Waals surface area contributed by atoms with Gasteiger partial charge in [-0.3, -0.25) is 19.2 Å². The number of Topliss-reactive ketones (excluding diaryl/α,β-unsaturated/α-hetero) is 1. The molecule has 0 fully saturated rings. The summed E-state index contributed by atoms with van der Waals surface area (Å²) in [6.45, 7) is 9.35. The van der Waals surface area contributed by atoms with Gasteiger partial charge in [-0.25, -0.2) is 0 Å². The minimum absolute atomic E-state index is 0.656. The zero-order valence-corrected chi connectivity index (χ0v) is 13.0. The summed E-state index contributed by atoms with van der Waals surface area (Å²) in [4.78, 5) is 47.3. The quantitative estimate of drug-likeness (QED) is 0.577. The lowest BCUT2D eigenvalue weighted by Gasteiger charge is -2.22. The minimum atomic E-state index is -1.74. The molecule has 0 aromatic heterocycles. The Morgan fingerprint density at radius 2 is 1.25 bits per heavy atom. The molecule has 20 heavy (non-hydrogen) atoms. The number of ketones is 1. The third kappa shape index (κ3) is 4.75. The monoisotopic (exact) mass is 286 g/mol. The summed E-state index contributed by atoms with van der Waals surface area (Å²) in [7, 11) is 1.06. The van der Waals surface area contributed by atoms with E-state index in [0.717, 1.165) is 7.11 Å². The van der Waals surface area contributed by atoms with E-state index in [4.69, 9.17) is 0 Å². The maximum absolute atomic E-state index is 12.1. The van der Waals surface area contributed by atoms with E-state index in [1.807, 2.05) is 0 Å². The summed E-state index contributed by atoms with van der Waals surface area (Å²) in [5, 5.41) is 0. The molecule has 0 aliphatic carbocycles. The van der Waals surface area contributed by atoms with Crippen LogP contribution in [-0.4, -0.2) is 30.8 Å². The van der Waals surface area contributed by atoms with Crippen molar-refractivity contribution in [1.29, 1.82) is 0 Å². The summed E-state index contributed by atoms with van der Waals surface area (Å²) >= 11 is 0. The first-order valence-electron chi connectivity index (χ1n) is 6.20. The minimum Gasteiger partial charge on any atom is -0.468 e. The molecule has 0 heterocycles. The molecular formula is C14H22O6. The van der Waals surface area contributed by atoms with E-state index in [-0.39, 0.29) is 0 Å². The van der Waals surface area contributed by atoms with E-state index in [1.54, 1.807) is 41.5 Å². The number of rotatable bonds is 3. The Kier molecular flexibility index (Phi) is 5.62. The van der Waals surface area contributed by atoms with Gasteiger partial charge >= 0.3 is 17.9 Å². The van der Waals surface area contributed by atoms with E-state index in [2.05, 4.69) is 9.47 Å². The van der Waals surface area contributed by atoms with Crippen LogP contribution in [0.15, 0.2) is 0 Å². The number of carbonyl (C=O) groups is 4. The highest BCUT2D eigenvalue weighted by Crippen LogP contribution is 2.23. The molecule has 0 radical (unpaired) electrons. The molecule has 0 spiro atoms. The van der Waals surface area contributed by atoms with Crippen LogP contribution in [0.25, 0.3) is 0 Å². The lowest BCUT2D eigenvalue weighted by Crippen LogP contribution is -2.42. The van der Waals surface area contributed by atoms with Crippen LogP contribution in [0.3, 0.4) is 0 Å². The van der Waals surface area contributed by atoms with Gasteiger partial charge < -0.3 is 9.47 Å². The fourth-order valence-corrected chi connectivity index (χ4v) is 1.16. The van der Waals surface area contributed by atoms with Crippen LogP contribution >= 0.6 is 0 Å². The van der Waals surface area contributed by atoms with Crippen LogP contribution in [0, 0.1) is 16.7 Å². The summed E-state index contributed by atoms with van der Waals surface area (Å²) in [6.07, 6.45) is 0. The van der Waals surface area contributed by atoms with Crippen LogP contribution in [0.2, 0.25) is 0 Å². The van der Waals surface area contributed by atoms with Crippen LogP contribution in [0.4, 0.5) is 0 Å². The first-order valence-corrected chi connectivity index (χ1v) is 6.20. The molecular weight excluding hydrogens is 264 g/mol. The Morgan fingerprint density at radius 3 is 1.55 bits per heavy atom. The second-order valence-corrected chi connectivity index (χ2v) is 6.53. The lowest BCUT2D eigenvalue weighted by molar-refractivity contribution is -0.173. The van der Waals surface area contributed by atoms with Crippen LogP contribution in [-0.2, 0) is 28.7 Å². The van der Waals surface area contributed by atoms with E-state index >= 15 is 0 Å². The molecule has 0 amide bonds. The average molecular weight is 286 g/mol. The predicted molar refractivity (Wildman–Crippen MR) is 70.5 cm³/mol. The smallest absolute Gasteiger partial charge is 0.335 e. The van der Waals surface area contributed by atoms with E-state index in [9.17, 15) is 19.2 Å². The molecule has 0 saturated carbocycles. The maximum atomic E-state index is 12.1. The zero-order chi connectivity index (χ0) is 16.3. The van der Waals surface area contributed by atoms with Gasteiger partial charge in [0.25, 0.3) is 0 Å². The molecule has 0 aromatic carbocycles. The van der Waals surface area contributed by atoms with Crippen molar-refractivity contribution in [1.82, 2.24) is 0 Å². The van der Waals surface area contributed by atoms with Crippen LogP contribution in [0.1, 0.15) is 41.5 Å². The van der Waals surface area contributed by atoms with Gasteiger partial charge in [-0.1, -0.05) is 20.8 Å². The highest BCUT2D eigenvalue weighted by atomic mass is 16.6. The SMILES string of the molecule is COC(=O)C(C(=O)OC(=O)C(C)(C)C)C(=O)C(C)(C)C. The molecule has 0 N–H and O–H groups in total. The Hall–Kier alpha value is -1.72. The average Bonchev–Trinajstić information content (AvgIpc) is 2.26. The summed E-state index contributed by atoms with van der Waals surface area (Å²) in [6, 6.07) is 0. The normalized spacial score (nSPS) is 13.3. The summed E-state index contributed by atoms with van der Waals surface area (Å²) in [5.41, 5.74) is -1.86. The van der Waals surface area contributed by atoms with Gasteiger partial charge in [-0.2, -0.15) is 0 Å². The fourth-order valence-electron chi connectivity index (χ4n) is 1.16. The van der Waals surface area contributed by atoms with Gasteiger partial charge in [0.05, 0.1) is 12.5 Å². The maximum Gasteiger partial charge on any atom is 0.335 e. The van der Waals surface area contributed by atoms with Crippen molar-refractivity contribution in [2.45, 2.75) is 41.5 Å². The Bertz CT molecular complexity index is 422. The third-order valence-corrected chi connectivity index (χ3v) is 2.48. The Morgan fingerprint density at radius 1 is 0.800 bits per heavy atom. The molecule has 1 unspecified atom stereocenters. The lowest BCUT2D eigenvalue weighted by atomic mass is 9.83. The second-order valence-electron chi connectivity index (χ2n) is 6.53. The highest BCUT2D eigenvalue weighted by Gasteiger charge is 2.43. The topological polar surface area (TPSA) is 86.7 Å². The number of ether oxygens (including phenoxy) is 2. The summed E-state index contributed by atoms with van der Waals surface area (Å²) < 4.78 is 9.06. The van der Waals surface area contributed by atoms with Crippen LogP contribution in [0.5, 0.6) is 0 Å². The van der Waals surface area contributed by atoms with Crippen molar-refractivity contribution in [2.24, 2.45) is 16.7 Å². The highest BCUT2D eigenvalue weighted by molar-refractivity contribution is 6.17. The number of hydrogen-bond acceptors (Lipinski definition) is 6. The number of esters is 3. The third-order valence-electron chi connectivity index (χ3n) is 2.48. The zero-order valence-electron chi connectivity index (χ0n) is 13.0. The van der Waals surface area contributed by atoms with Gasteiger partial charge in [-0.05, 0) is 20.8 Å². The standard InChI is InChI=1S/C14H22O6/c1-13(2,3)9(15)8(10(16)19-7)11(17)20-12(18)14(4,5)6/h8H,1-7H3.